The van der Waals surface area contributed by atoms with Crippen LogP contribution >= 0.6 is 11.8 Å². The van der Waals surface area contributed by atoms with Crippen LogP contribution in [0, 0.1) is 10.1 Å². The Hall–Kier alpha value is -3.20. The van der Waals surface area contributed by atoms with Crippen molar-refractivity contribution < 1.29 is 14.5 Å². The van der Waals surface area contributed by atoms with Gasteiger partial charge in [-0.25, -0.2) is 0 Å². The number of nitro benzene ring substituents is 1. The lowest BCUT2D eigenvalue weighted by Crippen LogP contribution is -2.15. The highest BCUT2D eigenvalue weighted by Crippen LogP contribution is 2.31. The van der Waals surface area contributed by atoms with Gasteiger partial charge in [-0.1, -0.05) is 30.0 Å². The number of esters is 1. The molecule has 0 unspecified atom stereocenters. The Balaban J connectivity index is 2.06. The van der Waals surface area contributed by atoms with Crippen LogP contribution in [0.1, 0.15) is 6.92 Å². The van der Waals surface area contributed by atoms with Crippen LogP contribution in [0.15, 0.2) is 59.8 Å². The smallest absolute Gasteiger partial charge is 0.318 e. The summed E-state index contributed by atoms with van der Waals surface area (Å²) in [4.78, 5) is 22.2. The zero-order valence-corrected chi connectivity index (χ0v) is 15.4. The van der Waals surface area contributed by atoms with Gasteiger partial charge in [0.15, 0.2) is 11.0 Å². The molecule has 2 aromatic carbocycles. The third-order valence-electron chi connectivity index (χ3n) is 3.80. The molecular formula is C18H16N4O4S. The van der Waals surface area contributed by atoms with Crippen molar-refractivity contribution in [1.29, 1.82) is 0 Å². The average molecular weight is 384 g/mol. The van der Waals surface area contributed by atoms with E-state index in [-0.39, 0.29) is 11.7 Å². The molecule has 0 aliphatic heterocycles. The number of rotatable bonds is 6. The number of nitrogens with zero attached hydrogens (tertiary/aromatic N) is 4. The molecule has 138 valence electrons. The van der Waals surface area contributed by atoms with Gasteiger partial charge in [-0.3, -0.25) is 19.5 Å². The number of aromatic nitrogens is 3. The minimum atomic E-state index is -0.466. The van der Waals surface area contributed by atoms with E-state index in [0.29, 0.717) is 16.5 Å². The summed E-state index contributed by atoms with van der Waals surface area (Å²) >= 11 is 1.23. The molecule has 0 bridgehead atoms. The molecule has 0 N–H and O–H groups in total. The van der Waals surface area contributed by atoms with Crippen molar-refractivity contribution in [2.45, 2.75) is 17.3 Å². The maximum absolute atomic E-state index is 11.8. The first-order valence-electron chi connectivity index (χ1n) is 8.01. The molecule has 0 aliphatic rings. The molecule has 8 nitrogen and oxygen atoms in total. The SMILES string of the molecule is COC(=O)[C@H](C)Sc1nnc(-c2ccc([N+](=O)[O-])cc2)n1-c1ccccc1. The fourth-order valence-corrected chi connectivity index (χ4v) is 3.34. The van der Waals surface area contributed by atoms with Crippen molar-refractivity contribution in [3.63, 3.8) is 0 Å². The van der Waals surface area contributed by atoms with Gasteiger partial charge in [0.1, 0.15) is 5.25 Å². The van der Waals surface area contributed by atoms with Crippen LogP contribution in [0.2, 0.25) is 0 Å². The number of para-hydroxylation sites is 1. The zero-order valence-electron chi connectivity index (χ0n) is 14.6. The van der Waals surface area contributed by atoms with Crippen molar-refractivity contribution in [2.24, 2.45) is 0 Å². The number of hydrogen-bond acceptors (Lipinski definition) is 7. The summed E-state index contributed by atoms with van der Waals surface area (Å²) in [5.74, 6) is 0.162. The summed E-state index contributed by atoms with van der Waals surface area (Å²) in [7, 11) is 1.34. The van der Waals surface area contributed by atoms with E-state index >= 15 is 0 Å². The first-order chi connectivity index (χ1) is 13.0. The summed E-state index contributed by atoms with van der Waals surface area (Å²) in [6.45, 7) is 1.73. The van der Waals surface area contributed by atoms with Crippen LogP contribution in [0.25, 0.3) is 17.1 Å². The summed E-state index contributed by atoms with van der Waals surface area (Å²) in [6.07, 6.45) is 0. The third-order valence-corrected chi connectivity index (χ3v) is 4.82. The third kappa shape index (κ3) is 3.98. The van der Waals surface area contributed by atoms with Crippen LogP contribution in [0.3, 0.4) is 0 Å². The highest BCUT2D eigenvalue weighted by molar-refractivity contribution is 8.00. The maximum atomic E-state index is 11.8. The number of non-ortho nitro benzene ring substituents is 1. The summed E-state index contributed by atoms with van der Waals surface area (Å²) in [6, 6.07) is 15.5. The molecule has 0 saturated heterocycles. The minimum absolute atomic E-state index is 0.00145. The normalized spacial score (nSPS) is 11.8. The summed E-state index contributed by atoms with van der Waals surface area (Å²) in [5, 5.41) is 19.4. The summed E-state index contributed by atoms with van der Waals surface area (Å²) in [5.41, 5.74) is 1.49. The number of nitro groups is 1. The quantitative estimate of drug-likeness (QED) is 0.277. The van der Waals surface area contributed by atoms with E-state index in [1.54, 1.807) is 19.1 Å². The lowest BCUT2D eigenvalue weighted by atomic mass is 10.2. The number of hydrogen-bond donors (Lipinski definition) is 0. The molecule has 1 aromatic heterocycles. The van der Waals surface area contributed by atoms with Gasteiger partial charge in [-0.15, -0.1) is 10.2 Å². The maximum Gasteiger partial charge on any atom is 0.318 e. The lowest BCUT2D eigenvalue weighted by molar-refractivity contribution is -0.384. The van der Waals surface area contributed by atoms with Gasteiger partial charge in [0.05, 0.1) is 12.0 Å². The van der Waals surface area contributed by atoms with Gasteiger partial charge in [0, 0.05) is 23.4 Å². The second kappa shape index (κ2) is 8.00. The van der Waals surface area contributed by atoms with Crippen molar-refractivity contribution in [3.8, 4) is 17.1 Å². The average Bonchev–Trinajstić information content (AvgIpc) is 3.11. The predicted molar refractivity (Wildman–Crippen MR) is 101 cm³/mol. The first kappa shape index (κ1) is 18.6. The number of benzene rings is 2. The molecule has 0 aliphatic carbocycles. The van der Waals surface area contributed by atoms with Gasteiger partial charge in [0.25, 0.3) is 5.69 Å². The molecule has 0 radical (unpaired) electrons. The number of carbonyl (C=O) groups is 1. The first-order valence-corrected chi connectivity index (χ1v) is 8.89. The second-order valence-corrected chi connectivity index (χ2v) is 6.87. The molecule has 9 heteroatoms. The van der Waals surface area contributed by atoms with Crippen LogP contribution in [0.5, 0.6) is 0 Å². The molecule has 0 fully saturated rings. The van der Waals surface area contributed by atoms with Gasteiger partial charge < -0.3 is 4.74 Å². The van der Waals surface area contributed by atoms with Crippen molar-refractivity contribution in [2.75, 3.05) is 7.11 Å². The fraction of sp³-hybridized carbons (Fsp3) is 0.167. The topological polar surface area (TPSA) is 100 Å². The number of ether oxygens (including phenoxy) is 1. The molecule has 0 amide bonds. The van der Waals surface area contributed by atoms with Crippen LogP contribution in [0.4, 0.5) is 5.69 Å². The van der Waals surface area contributed by atoms with Crippen molar-refractivity contribution >= 4 is 23.4 Å². The molecule has 1 atom stereocenters. The molecule has 1 heterocycles. The van der Waals surface area contributed by atoms with Gasteiger partial charge in [0.2, 0.25) is 0 Å². The van der Waals surface area contributed by atoms with Gasteiger partial charge in [-0.05, 0) is 31.2 Å². The standard InChI is InChI=1S/C18H16N4O4S/c1-12(17(23)26-2)27-18-20-19-16(21(18)14-6-4-3-5-7-14)13-8-10-15(11-9-13)22(24)25/h3-12H,1-2H3/t12-/m0/s1. The van der Waals surface area contributed by atoms with E-state index in [2.05, 4.69) is 10.2 Å². The highest BCUT2D eigenvalue weighted by atomic mass is 32.2. The Morgan fingerprint density at radius 1 is 1.15 bits per heavy atom. The van der Waals surface area contributed by atoms with E-state index < -0.39 is 10.2 Å². The number of thioether (sulfide) groups is 1. The molecular weight excluding hydrogens is 368 g/mol. The van der Waals surface area contributed by atoms with Gasteiger partial charge >= 0.3 is 5.97 Å². The molecule has 27 heavy (non-hydrogen) atoms. The molecule has 0 spiro atoms. The monoisotopic (exact) mass is 384 g/mol. The fourth-order valence-electron chi connectivity index (χ4n) is 2.45. The largest absolute Gasteiger partial charge is 0.468 e. The Labute approximate surface area is 159 Å². The Kier molecular flexibility index (Phi) is 5.51. The van der Waals surface area contributed by atoms with Crippen LogP contribution in [-0.4, -0.2) is 38.0 Å². The summed E-state index contributed by atoms with van der Waals surface area (Å²) < 4.78 is 6.59. The molecule has 0 saturated carbocycles. The molecule has 3 rings (SSSR count). The Morgan fingerprint density at radius 2 is 1.81 bits per heavy atom. The van der Waals surface area contributed by atoms with E-state index in [1.807, 2.05) is 34.9 Å². The number of carbonyl (C=O) groups excluding carboxylic acids is 1. The van der Waals surface area contributed by atoms with Crippen molar-refractivity contribution in [3.05, 3.63) is 64.7 Å². The lowest BCUT2D eigenvalue weighted by Gasteiger charge is -2.12. The van der Waals surface area contributed by atoms with E-state index in [1.165, 1.54) is 31.0 Å². The molecule has 3 aromatic rings. The van der Waals surface area contributed by atoms with E-state index in [4.69, 9.17) is 4.74 Å². The Bertz CT molecular complexity index is 957. The van der Waals surface area contributed by atoms with E-state index in [9.17, 15) is 14.9 Å². The number of methoxy groups -OCH3 is 1. The van der Waals surface area contributed by atoms with Crippen molar-refractivity contribution in [1.82, 2.24) is 14.8 Å². The van der Waals surface area contributed by atoms with Crippen LogP contribution < -0.4 is 0 Å². The highest BCUT2D eigenvalue weighted by Gasteiger charge is 2.22. The second-order valence-electron chi connectivity index (χ2n) is 5.56. The minimum Gasteiger partial charge on any atom is -0.468 e. The predicted octanol–water partition coefficient (Wildman–Crippen LogP) is 3.50. The Morgan fingerprint density at radius 3 is 2.41 bits per heavy atom. The van der Waals surface area contributed by atoms with Gasteiger partial charge in [-0.2, -0.15) is 0 Å². The van der Waals surface area contributed by atoms with Crippen LogP contribution in [-0.2, 0) is 9.53 Å². The zero-order chi connectivity index (χ0) is 19.4. The van der Waals surface area contributed by atoms with E-state index in [0.717, 1.165) is 5.69 Å².